The van der Waals surface area contributed by atoms with E-state index >= 15 is 0 Å². The standard InChI is InChI=1S/C14H14N4S/c1-9-18-13-7-12(11(15)6-14(13)19-9)17-8-10-4-2-3-5-16-10/h2-7,17H,8,15H2,1H3. The van der Waals surface area contributed by atoms with Gasteiger partial charge in [0.1, 0.15) is 0 Å². The highest BCUT2D eigenvalue weighted by molar-refractivity contribution is 7.18. The first kappa shape index (κ1) is 11.9. The fraction of sp³-hybridized carbons (Fsp3) is 0.143. The maximum Gasteiger partial charge on any atom is 0.0907 e. The minimum Gasteiger partial charge on any atom is -0.397 e. The van der Waals surface area contributed by atoms with E-state index in [0.29, 0.717) is 6.54 Å². The molecule has 0 amide bonds. The molecule has 0 bridgehead atoms. The molecule has 0 radical (unpaired) electrons. The summed E-state index contributed by atoms with van der Waals surface area (Å²) in [6.07, 6.45) is 1.79. The third-order valence-corrected chi connectivity index (χ3v) is 3.79. The van der Waals surface area contributed by atoms with Crippen molar-refractivity contribution in [3.8, 4) is 0 Å². The molecular weight excluding hydrogens is 256 g/mol. The van der Waals surface area contributed by atoms with Gasteiger partial charge in [-0.2, -0.15) is 0 Å². The van der Waals surface area contributed by atoms with Crippen LogP contribution in [-0.2, 0) is 6.54 Å². The lowest BCUT2D eigenvalue weighted by Crippen LogP contribution is -2.03. The van der Waals surface area contributed by atoms with Crippen molar-refractivity contribution in [2.24, 2.45) is 0 Å². The second kappa shape index (κ2) is 4.85. The Hall–Kier alpha value is -2.14. The number of nitrogens with two attached hydrogens (primary N) is 1. The average molecular weight is 270 g/mol. The summed E-state index contributed by atoms with van der Waals surface area (Å²) in [5.41, 5.74) is 9.67. The second-order valence-electron chi connectivity index (χ2n) is 4.31. The van der Waals surface area contributed by atoms with Crippen molar-refractivity contribution in [1.29, 1.82) is 0 Å². The molecule has 0 saturated carbocycles. The minimum atomic E-state index is 0.652. The lowest BCUT2D eigenvalue weighted by molar-refractivity contribution is 1.05. The summed E-state index contributed by atoms with van der Waals surface area (Å²) in [4.78, 5) is 8.75. The van der Waals surface area contributed by atoms with E-state index < -0.39 is 0 Å². The number of aromatic nitrogens is 2. The van der Waals surface area contributed by atoms with E-state index in [2.05, 4.69) is 15.3 Å². The quantitative estimate of drug-likeness (QED) is 0.717. The highest BCUT2D eigenvalue weighted by atomic mass is 32.1. The van der Waals surface area contributed by atoms with Crippen LogP contribution in [0.2, 0.25) is 0 Å². The summed E-state index contributed by atoms with van der Waals surface area (Å²) >= 11 is 1.66. The van der Waals surface area contributed by atoms with Gasteiger partial charge in [0, 0.05) is 6.20 Å². The largest absolute Gasteiger partial charge is 0.397 e. The maximum atomic E-state index is 6.06. The Morgan fingerprint density at radius 1 is 1.32 bits per heavy atom. The van der Waals surface area contributed by atoms with Crippen LogP contribution in [0.3, 0.4) is 0 Å². The fourth-order valence-corrected chi connectivity index (χ4v) is 2.80. The predicted octanol–water partition coefficient (Wildman–Crippen LogP) is 3.19. The summed E-state index contributed by atoms with van der Waals surface area (Å²) in [5, 5.41) is 4.36. The van der Waals surface area contributed by atoms with E-state index in [9.17, 15) is 0 Å². The Morgan fingerprint density at radius 2 is 2.21 bits per heavy atom. The van der Waals surface area contributed by atoms with Gasteiger partial charge in [0.15, 0.2) is 0 Å². The number of pyridine rings is 1. The second-order valence-corrected chi connectivity index (χ2v) is 5.55. The molecule has 19 heavy (non-hydrogen) atoms. The van der Waals surface area contributed by atoms with Crippen LogP contribution in [-0.4, -0.2) is 9.97 Å². The van der Waals surface area contributed by atoms with Gasteiger partial charge in [-0.25, -0.2) is 4.98 Å². The van der Waals surface area contributed by atoms with Crippen molar-refractivity contribution in [3.05, 3.63) is 47.2 Å². The number of nitrogens with zero attached hydrogens (tertiary/aromatic N) is 2. The average Bonchev–Trinajstić information content (AvgIpc) is 2.76. The zero-order valence-electron chi connectivity index (χ0n) is 10.6. The molecule has 0 unspecified atom stereocenters. The number of anilines is 2. The number of aryl methyl sites for hydroxylation is 1. The van der Waals surface area contributed by atoms with Crippen molar-refractivity contribution in [3.63, 3.8) is 0 Å². The van der Waals surface area contributed by atoms with Crippen LogP contribution in [0.4, 0.5) is 11.4 Å². The predicted molar refractivity (Wildman–Crippen MR) is 80.3 cm³/mol. The highest BCUT2D eigenvalue weighted by Gasteiger charge is 2.06. The summed E-state index contributed by atoms with van der Waals surface area (Å²) in [7, 11) is 0. The van der Waals surface area contributed by atoms with Gasteiger partial charge in [0.25, 0.3) is 0 Å². The van der Waals surface area contributed by atoms with E-state index in [-0.39, 0.29) is 0 Å². The molecule has 0 fully saturated rings. The minimum absolute atomic E-state index is 0.652. The zero-order valence-corrected chi connectivity index (χ0v) is 11.4. The molecule has 3 N–H and O–H groups in total. The lowest BCUT2D eigenvalue weighted by Gasteiger charge is -2.08. The number of rotatable bonds is 3. The Balaban J connectivity index is 1.86. The zero-order chi connectivity index (χ0) is 13.2. The van der Waals surface area contributed by atoms with Crippen LogP contribution in [0.1, 0.15) is 10.7 Å². The Bertz CT molecular complexity index is 706. The first-order chi connectivity index (χ1) is 9.22. The number of nitrogen functional groups attached to an aromatic ring is 1. The maximum absolute atomic E-state index is 6.06. The smallest absolute Gasteiger partial charge is 0.0907 e. The molecular formula is C14H14N4S. The molecule has 2 heterocycles. The van der Waals surface area contributed by atoms with E-state index in [1.54, 1.807) is 17.5 Å². The number of thiazole rings is 1. The molecule has 1 aromatic carbocycles. The third kappa shape index (κ3) is 2.51. The van der Waals surface area contributed by atoms with Crippen LogP contribution in [0.15, 0.2) is 36.5 Å². The molecule has 5 heteroatoms. The SMILES string of the molecule is Cc1nc2cc(NCc3ccccn3)c(N)cc2s1. The first-order valence-corrected chi connectivity index (χ1v) is 6.84. The van der Waals surface area contributed by atoms with Gasteiger partial charge in [-0.15, -0.1) is 11.3 Å². The van der Waals surface area contributed by atoms with Gasteiger partial charge in [-0.3, -0.25) is 4.98 Å². The third-order valence-electron chi connectivity index (χ3n) is 2.85. The van der Waals surface area contributed by atoms with Crippen molar-refractivity contribution in [2.45, 2.75) is 13.5 Å². The molecule has 0 aliphatic carbocycles. The molecule has 2 aromatic heterocycles. The van der Waals surface area contributed by atoms with E-state index in [0.717, 1.165) is 32.3 Å². The molecule has 0 aliphatic heterocycles. The van der Waals surface area contributed by atoms with Gasteiger partial charge in [0.05, 0.1) is 38.8 Å². The molecule has 0 spiro atoms. The number of fused-ring (bicyclic) bond motifs is 1. The van der Waals surface area contributed by atoms with E-state index in [1.807, 2.05) is 37.3 Å². The number of hydrogen-bond acceptors (Lipinski definition) is 5. The summed E-state index contributed by atoms with van der Waals surface area (Å²) in [5.74, 6) is 0. The van der Waals surface area contributed by atoms with Gasteiger partial charge in [-0.1, -0.05) is 6.07 Å². The molecule has 0 aliphatic rings. The summed E-state index contributed by atoms with van der Waals surface area (Å²) in [6, 6.07) is 9.83. The van der Waals surface area contributed by atoms with Crippen molar-refractivity contribution >= 4 is 32.9 Å². The van der Waals surface area contributed by atoms with Crippen LogP contribution in [0.5, 0.6) is 0 Å². The Labute approximate surface area is 115 Å². The number of benzene rings is 1. The Kier molecular flexibility index (Phi) is 3.05. The highest BCUT2D eigenvalue weighted by Crippen LogP contribution is 2.29. The first-order valence-electron chi connectivity index (χ1n) is 6.03. The van der Waals surface area contributed by atoms with Crippen molar-refractivity contribution in [2.75, 3.05) is 11.1 Å². The number of nitrogens with one attached hydrogen (secondary N) is 1. The summed E-state index contributed by atoms with van der Waals surface area (Å²) < 4.78 is 1.12. The van der Waals surface area contributed by atoms with Gasteiger partial charge in [0.2, 0.25) is 0 Å². The van der Waals surface area contributed by atoms with Crippen LogP contribution in [0, 0.1) is 6.92 Å². The molecule has 4 nitrogen and oxygen atoms in total. The molecule has 96 valence electrons. The van der Waals surface area contributed by atoms with Crippen LogP contribution < -0.4 is 11.1 Å². The monoisotopic (exact) mass is 270 g/mol. The molecule has 0 saturated heterocycles. The van der Waals surface area contributed by atoms with Crippen LogP contribution in [0.25, 0.3) is 10.2 Å². The normalized spacial score (nSPS) is 10.8. The van der Waals surface area contributed by atoms with Crippen molar-refractivity contribution in [1.82, 2.24) is 9.97 Å². The lowest BCUT2D eigenvalue weighted by atomic mass is 10.2. The van der Waals surface area contributed by atoms with Gasteiger partial charge >= 0.3 is 0 Å². The van der Waals surface area contributed by atoms with Gasteiger partial charge in [-0.05, 0) is 31.2 Å². The van der Waals surface area contributed by atoms with Gasteiger partial charge < -0.3 is 11.1 Å². The fourth-order valence-electron chi connectivity index (χ4n) is 1.95. The Morgan fingerprint density at radius 3 is 3.00 bits per heavy atom. The van der Waals surface area contributed by atoms with Crippen molar-refractivity contribution < 1.29 is 0 Å². The topological polar surface area (TPSA) is 63.8 Å². The van der Waals surface area contributed by atoms with E-state index in [1.165, 1.54) is 0 Å². The molecule has 0 atom stereocenters. The van der Waals surface area contributed by atoms with E-state index in [4.69, 9.17) is 5.73 Å². The molecule has 3 rings (SSSR count). The molecule has 3 aromatic rings. The van der Waals surface area contributed by atoms with Crippen LogP contribution >= 0.6 is 11.3 Å². The summed E-state index contributed by atoms with van der Waals surface area (Å²) in [6.45, 7) is 2.65. The number of hydrogen-bond donors (Lipinski definition) is 2.